The van der Waals surface area contributed by atoms with Crippen LogP contribution in [0.25, 0.3) is 21.8 Å². The number of H-pyrrole nitrogens is 1. The Hall–Kier alpha value is -3.12. The zero-order chi connectivity index (χ0) is 17.6. The molecule has 2 N–H and O–H groups in total. The van der Waals surface area contributed by atoms with Crippen LogP contribution in [0.4, 0.5) is 0 Å². The van der Waals surface area contributed by atoms with Gasteiger partial charge in [-0.15, -0.1) is 5.10 Å². The molecule has 0 saturated carbocycles. The highest BCUT2D eigenvalue weighted by Gasteiger charge is 2.16. The summed E-state index contributed by atoms with van der Waals surface area (Å²) in [5.41, 5.74) is 0.246. The first-order chi connectivity index (χ1) is 12.0. The van der Waals surface area contributed by atoms with Crippen LogP contribution in [0, 0.1) is 0 Å². The summed E-state index contributed by atoms with van der Waals surface area (Å²) in [4.78, 5) is 28.4. The lowest BCUT2D eigenvalue weighted by Gasteiger charge is -2.09. The molecule has 4 aromatic rings. The molecule has 4 rings (SSSR count). The molecule has 6 nitrogen and oxygen atoms in total. The van der Waals surface area contributed by atoms with Crippen molar-refractivity contribution in [2.75, 3.05) is 0 Å². The molecule has 0 radical (unpaired) electrons. The lowest BCUT2D eigenvalue weighted by Crippen LogP contribution is -2.28. The van der Waals surface area contributed by atoms with Gasteiger partial charge in [0.15, 0.2) is 0 Å². The van der Waals surface area contributed by atoms with Crippen LogP contribution in [0.15, 0.2) is 58.1 Å². The minimum Gasteiger partial charge on any atom is -0.491 e. The number of benzene rings is 2. The Bertz CT molecular complexity index is 1230. The smallest absolute Gasteiger partial charge is 0.280 e. The lowest BCUT2D eigenvalue weighted by atomic mass is 10.1. The van der Waals surface area contributed by atoms with Crippen molar-refractivity contribution in [3.63, 3.8) is 0 Å². The molecule has 0 fully saturated rings. The Morgan fingerprint density at radius 3 is 2.64 bits per heavy atom. The van der Waals surface area contributed by atoms with Gasteiger partial charge in [0.1, 0.15) is 10.9 Å². The zero-order valence-electron chi connectivity index (χ0n) is 12.9. The molecule has 0 unspecified atom stereocenters. The molecule has 0 aliphatic rings. The van der Waals surface area contributed by atoms with E-state index in [2.05, 4.69) is 10.1 Å². The average Bonchev–Trinajstić information content (AvgIpc) is 2.60. The van der Waals surface area contributed by atoms with E-state index in [0.29, 0.717) is 15.9 Å². The third kappa shape index (κ3) is 2.56. The van der Waals surface area contributed by atoms with Crippen molar-refractivity contribution in [3.8, 4) is 5.88 Å². The van der Waals surface area contributed by atoms with Crippen LogP contribution >= 0.6 is 11.6 Å². The molecule has 0 aliphatic heterocycles. The molecule has 0 atom stereocenters. The highest BCUT2D eigenvalue weighted by atomic mass is 35.5. The van der Waals surface area contributed by atoms with Crippen LogP contribution in [0.3, 0.4) is 0 Å². The van der Waals surface area contributed by atoms with Gasteiger partial charge in [0.2, 0.25) is 5.43 Å². The fraction of sp³-hybridized carbons (Fsp3) is 0.0556. The second-order valence-electron chi connectivity index (χ2n) is 5.67. The quantitative estimate of drug-likeness (QED) is 0.542. The molecule has 0 bridgehead atoms. The van der Waals surface area contributed by atoms with E-state index in [9.17, 15) is 14.7 Å². The number of aromatic hydroxyl groups is 1. The van der Waals surface area contributed by atoms with Gasteiger partial charge < -0.3 is 10.1 Å². The number of pyridine rings is 1. The topological polar surface area (TPSA) is 88.0 Å². The van der Waals surface area contributed by atoms with Crippen LogP contribution in [0.2, 0.25) is 5.02 Å². The average molecular weight is 354 g/mol. The van der Waals surface area contributed by atoms with E-state index in [4.69, 9.17) is 11.6 Å². The number of nitrogens with zero attached hydrogens (tertiary/aromatic N) is 2. The van der Waals surface area contributed by atoms with Crippen molar-refractivity contribution in [3.05, 3.63) is 79.7 Å². The molecule has 0 aliphatic carbocycles. The molecule has 25 heavy (non-hydrogen) atoms. The van der Waals surface area contributed by atoms with Gasteiger partial charge >= 0.3 is 0 Å². The van der Waals surface area contributed by atoms with Gasteiger partial charge in [0.25, 0.3) is 11.4 Å². The Labute approximate surface area is 145 Å². The number of hydrogen-bond acceptors (Lipinski definition) is 4. The van der Waals surface area contributed by atoms with E-state index >= 15 is 0 Å². The van der Waals surface area contributed by atoms with Gasteiger partial charge in [0, 0.05) is 10.4 Å². The van der Waals surface area contributed by atoms with Crippen molar-refractivity contribution < 1.29 is 5.11 Å². The molecule has 2 aromatic heterocycles. The van der Waals surface area contributed by atoms with Crippen LogP contribution in [0.1, 0.15) is 5.56 Å². The molecular weight excluding hydrogens is 342 g/mol. The van der Waals surface area contributed by atoms with Gasteiger partial charge in [-0.25, -0.2) is 4.68 Å². The van der Waals surface area contributed by atoms with Crippen molar-refractivity contribution in [1.29, 1.82) is 0 Å². The molecule has 2 heterocycles. The van der Waals surface area contributed by atoms with E-state index in [1.165, 1.54) is 0 Å². The van der Waals surface area contributed by atoms with Gasteiger partial charge in [-0.3, -0.25) is 9.59 Å². The maximum Gasteiger partial charge on any atom is 0.280 e. The number of rotatable bonds is 2. The van der Waals surface area contributed by atoms with Crippen molar-refractivity contribution in [1.82, 2.24) is 14.8 Å². The van der Waals surface area contributed by atoms with Crippen LogP contribution in [-0.2, 0) is 6.54 Å². The largest absolute Gasteiger partial charge is 0.491 e. The SMILES string of the molecule is O=c1c2ccc(Cl)cc2[nH]c2c(O)nn(Cc3ccccc3)c(=O)c12. The zero-order valence-corrected chi connectivity index (χ0v) is 13.6. The third-order valence-electron chi connectivity index (χ3n) is 4.03. The summed E-state index contributed by atoms with van der Waals surface area (Å²) in [6, 6.07) is 13.9. The fourth-order valence-electron chi connectivity index (χ4n) is 2.84. The maximum atomic E-state index is 12.8. The monoisotopic (exact) mass is 353 g/mol. The van der Waals surface area contributed by atoms with Crippen LogP contribution < -0.4 is 11.0 Å². The Kier molecular flexibility index (Phi) is 3.54. The van der Waals surface area contributed by atoms with E-state index < -0.39 is 16.9 Å². The minimum absolute atomic E-state index is 0.00841. The predicted molar refractivity (Wildman–Crippen MR) is 96.3 cm³/mol. The maximum absolute atomic E-state index is 12.8. The predicted octanol–water partition coefficient (Wildman–Crippen LogP) is 2.65. The van der Waals surface area contributed by atoms with E-state index in [0.717, 1.165) is 10.2 Å². The summed E-state index contributed by atoms with van der Waals surface area (Å²) in [6.07, 6.45) is 0. The fourth-order valence-corrected chi connectivity index (χ4v) is 3.01. The molecule has 2 aromatic carbocycles. The first-order valence-electron chi connectivity index (χ1n) is 7.54. The number of halogens is 1. The molecule has 0 amide bonds. The molecule has 0 spiro atoms. The Morgan fingerprint density at radius 1 is 1.12 bits per heavy atom. The second-order valence-corrected chi connectivity index (χ2v) is 6.10. The Morgan fingerprint density at radius 2 is 1.88 bits per heavy atom. The summed E-state index contributed by atoms with van der Waals surface area (Å²) in [5, 5.41) is 14.8. The number of aromatic nitrogens is 3. The molecule has 0 saturated heterocycles. The summed E-state index contributed by atoms with van der Waals surface area (Å²) < 4.78 is 1.09. The Balaban J connectivity index is 2.03. The van der Waals surface area contributed by atoms with Gasteiger partial charge in [-0.1, -0.05) is 41.9 Å². The lowest BCUT2D eigenvalue weighted by molar-refractivity contribution is 0.431. The number of aromatic amines is 1. The molecule has 124 valence electrons. The van der Waals surface area contributed by atoms with Crippen molar-refractivity contribution >= 4 is 33.4 Å². The number of hydrogen-bond donors (Lipinski definition) is 2. The number of fused-ring (bicyclic) bond motifs is 2. The van der Waals surface area contributed by atoms with Crippen molar-refractivity contribution in [2.45, 2.75) is 6.54 Å². The molecular formula is C18H12ClN3O3. The highest BCUT2D eigenvalue weighted by Crippen LogP contribution is 2.21. The van der Waals surface area contributed by atoms with Gasteiger partial charge in [-0.2, -0.15) is 0 Å². The standard InChI is InChI=1S/C18H12ClN3O3/c19-11-6-7-12-13(8-11)20-15-14(16(12)23)18(25)22(21-17(15)24)9-10-4-2-1-3-5-10/h1-8H,9H2,(H,20,23)(H,21,24). The highest BCUT2D eigenvalue weighted by molar-refractivity contribution is 6.31. The summed E-state index contributed by atoms with van der Waals surface area (Å²) >= 11 is 5.94. The third-order valence-corrected chi connectivity index (χ3v) is 4.26. The first-order valence-corrected chi connectivity index (χ1v) is 7.91. The van der Waals surface area contributed by atoms with Gasteiger partial charge in [-0.05, 0) is 23.8 Å². The minimum atomic E-state index is -0.560. The second kappa shape index (κ2) is 5.75. The van der Waals surface area contributed by atoms with E-state index in [-0.39, 0.29) is 17.4 Å². The van der Waals surface area contributed by atoms with Crippen LogP contribution in [0.5, 0.6) is 5.88 Å². The van der Waals surface area contributed by atoms with Crippen molar-refractivity contribution in [2.24, 2.45) is 0 Å². The van der Waals surface area contributed by atoms with E-state index in [1.807, 2.05) is 30.3 Å². The molecule has 7 heteroatoms. The summed E-state index contributed by atoms with van der Waals surface area (Å²) in [7, 11) is 0. The normalized spacial score (nSPS) is 11.2. The summed E-state index contributed by atoms with van der Waals surface area (Å²) in [6.45, 7) is 0.154. The first kappa shape index (κ1) is 15.4. The van der Waals surface area contributed by atoms with E-state index in [1.54, 1.807) is 18.2 Å². The van der Waals surface area contributed by atoms with Gasteiger partial charge in [0.05, 0.1) is 12.1 Å². The van der Waals surface area contributed by atoms with Crippen LogP contribution in [-0.4, -0.2) is 19.9 Å². The number of nitrogens with one attached hydrogen (secondary N) is 1. The summed E-state index contributed by atoms with van der Waals surface area (Å²) in [5.74, 6) is -0.412.